The zero-order valence-corrected chi connectivity index (χ0v) is 26.3. The number of nitrogens with zero attached hydrogens (tertiary/aromatic N) is 5. The molecule has 0 amide bonds. The summed E-state index contributed by atoms with van der Waals surface area (Å²) in [6, 6.07) is 52.9. The van der Waals surface area contributed by atoms with Crippen molar-refractivity contribution in [1.29, 1.82) is 0 Å². The van der Waals surface area contributed by atoms with Crippen LogP contribution in [0, 0.1) is 0 Å². The number of aromatic nitrogens is 5. The average Bonchev–Trinajstić information content (AvgIpc) is 3.51. The highest BCUT2D eigenvalue weighted by molar-refractivity contribution is 6.22. The van der Waals surface area contributed by atoms with Crippen LogP contribution >= 0.6 is 0 Å². The Morgan fingerprint density at radius 2 is 1.10 bits per heavy atom. The highest BCUT2D eigenvalue weighted by Crippen LogP contribution is 2.42. The molecule has 0 aliphatic rings. The quantitative estimate of drug-likeness (QED) is 0.195. The third-order valence-electron chi connectivity index (χ3n) is 9.47. The normalized spacial score (nSPS) is 11.7. The number of para-hydroxylation sites is 2. The van der Waals surface area contributed by atoms with Gasteiger partial charge in [0.15, 0.2) is 0 Å². The van der Waals surface area contributed by atoms with E-state index in [0.29, 0.717) is 0 Å². The smallest absolute Gasteiger partial charge is 0.0887 e. The van der Waals surface area contributed by atoms with Crippen molar-refractivity contribution in [3.8, 4) is 39.6 Å². The minimum Gasteiger partial charge on any atom is -0.307 e. The number of rotatable bonds is 4. The van der Waals surface area contributed by atoms with Crippen LogP contribution < -0.4 is 0 Å². The summed E-state index contributed by atoms with van der Waals surface area (Å²) in [5.41, 5.74) is 10.9. The number of hydrogen-bond acceptors (Lipinski definition) is 4. The minimum atomic E-state index is 0.837. The monoisotopic (exact) mass is 625 g/mol. The lowest BCUT2D eigenvalue weighted by molar-refractivity contribution is 1.14. The van der Waals surface area contributed by atoms with Crippen LogP contribution in [0.2, 0.25) is 0 Å². The summed E-state index contributed by atoms with van der Waals surface area (Å²) in [7, 11) is 0. The summed E-state index contributed by atoms with van der Waals surface area (Å²) in [6.07, 6.45) is 3.75. The maximum Gasteiger partial charge on any atom is 0.0887 e. The van der Waals surface area contributed by atoms with Gasteiger partial charge in [0.25, 0.3) is 0 Å². The molecule has 10 aromatic rings. The molecule has 49 heavy (non-hydrogen) atoms. The molecule has 0 aliphatic carbocycles. The Labute approximate surface area is 281 Å². The van der Waals surface area contributed by atoms with Crippen molar-refractivity contribution >= 4 is 54.4 Å². The Kier molecular flexibility index (Phi) is 6.11. The molecule has 0 N–H and O–H groups in total. The van der Waals surface area contributed by atoms with Gasteiger partial charge in [-0.25, -0.2) is 9.97 Å². The van der Waals surface area contributed by atoms with Crippen molar-refractivity contribution in [3.05, 3.63) is 164 Å². The Morgan fingerprint density at radius 1 is 0.429 bits per heavy atom. The van der Waals surface area contributed by atoms with Gasteiger partial charge in [-0.2, -0.15) is 0 Å². The predicted molar refractivity (Wildman–Crippen MR) is 201 cm³/mol. The van der Waals surface area contributed by atoms with Crippen LogP contribution in [0.4, 0.5) is 0 Å². The van der Waals surface area contributed by atoms with E-state index in [2.05, 4.69) is 131 Å². The topological polar surface area (TPSA) is 56.5 Å². The molecule has 5 aromatic heterocycles. The van der Waals surface area contributed by atoms with Gasteiger partial charge in [-0.1, -0.05) is 84.9 Å². The van der Waals surface area contributed by atoms with E-state index in [0.717, 1.165) is 94.0 Å². The van der Waals surface area contributed by atoms with Crippen LogP contribution in [0.25, 0.3) is 94.0 Å². The Balaban J connectivity index is 1.27. The lowest BCUT2D eigenvalue weighted by Gasteiger charge is -2.13. The number of fused-ring (bicyclic) bond motifs is 7. The largest absolute Gasteiger partial charge is 0.307 e. The summed E-state index contributed by atoms with van der Waals surface area (Å²) in [5.74, 6) is 0. The molecule has 0 fully saturated rings. The Bertz CT molecular complexity index is 2870. The predicted octanol–water partition coefficient (Wildman–Crippen LogP) is 10.8. The van der Waals surface area contributed by atoms with Gasteiger partial charge in [0.05, 0.1) is 56.7 Å². The van der Waals surface area contributed by atoms with Gasteiger partial charge in [-0.15, -0.1) is 0 Å². The molecule has 0 unspecified atom stereocenters. The molecule has 0 saturated heterocycles. The van der Waals surface area contributed by atoms with Crippen LogP contribution in [0.1, 0.15) is 0 Å². The fourth-order valence-electron chi connectivity index (χ4n) is 7.14. The minimum absolute atomic E-state index is 0.837. The van der Waals surface area contributed by atoms with Gasteiger partial charge in [-0.05, 0) is 72.1 Å². The molecule has 10 rings (SSSR count). The van der Waals surface area contributed by atoms with E-state index in [-0.39, 0.29) is 0 Å². The molecule has 0 aliphatic heterocycles. The van der Waals surface area contributed by atoms with Crippen LogP contribution in [0.15, 0.2) is 164 Å². The van der Waals surface area contributed by atoms with E-state index >= 15 is 0 Å². The summed E-state index contributed by atoms with van der Waals surface area (Å²) >= 11 is 0. The standard InChI is InChI=1S/C44H27N5/c1-5-13-37-28(9-1)16-20-39(47-37)30-18-23-43-35(25-30)36-26-34(40-21-17-29-10-2-6-14-38(29)48-40)32-11-3-4-12-33(32)44(36)49(43)31-19-22-42(46-27-31)41-15-7-8-24-45-41/h1-27H. The van der Waals surface area contributed by atoms with Gasteiger partial charge < -0.3 is 4.57 Å². The second-order valence-corrected chi connectivity index (χ2v) is 12.3. The van der Waals surface area contributed by atoms with Crippen molar-refractivity contribution in [2.24, 2.45) is 0 Å². The summed E-state index contributed by atoms with van der Waals surface area (Å²) in [6.45, 7) is 0. The van der Waals surface area contributed by atoms with E-state index in [1.165, 1.54) is 0 Å². The maximum absolute atomic E-state index is 5.15. The van der Waals surface area contributed by atoms with Gasteiger partial charge >= 0.3 is 0 Å². The van der Waals surface area contributed by atoms with Gasteiger partial charge in [0, 0.05) is 44.3 Å². The first-order valence-corrected chi connectivity index (χ1v) is 16.4. The molecular weight excluding hydrogens is 599 g/mol. The second-order valence-electron chi connectivity index (χ2n) is 12.3. The molecular formula is C44H27N5. The lowest BCUT2D eigenvalue weighted by atomic mass is 9.97. The Hall–Kier alpha value is -6.72. The van der Waals surface area contributed by atoms with Crippen molar-refractivity contribution in [3.63, 3.8) is 0 Å². The molecule has 0 saturated carbocycles. The van der Waals surface area contributed by atoms with E-state index in [1.54, 1.807) is 6.20 Å². The molecule has 5 nitrogen and oxygen atoms in total. The van der Waals surface area contributed by atoms with Crippen molar-refractivity contribution in [1.82, 2.24) is 24.5 Å². The van der Waals surface area contributed by atoms with Crippen LogP contribution in [-0.2, 0) is 0 Å². The third kappa shape index (κ3) is 4.48. The first-order chi connectivity index (χ1) is 24.3. The van der Waals surface area contributed by atoms with E-state index in [4.69, 9.17) is 15.0 Å². The molecule has 0 atom stereocenters. The summed E-state index contributed by atoms with van der Waals surface area (Å²) in [4.78, 5) is 19.6. The number of pyridine rings is 4. The fraction of sp³-hybridized carbons (Fsp3) is 0. The second kappa shape index (κ2) is 10.9. The molecule has 228 valence electrons. The van der Waals surface area contributed by atoms with Crippen LogP contribution in [0.5, 0.6) is 0 Å². The highest BCUT2D eigenvalue weighted by Gasteiger charge is 2.20. The van der Waals surface area contributed by atoms with E-state index in [1.807, 2.05) is 36.5 Å². The first-order valence-electron chi connectivity index (χ1n) is 16.4. The molecule has 0 spiro atoms. The molecule has 5 heteroatoms. The number of benzene rings is 5. The highest BCUT2D eigenvalue weighted by atomic mass is 15.0. The van der Waals surface area contributed by atoms with Gasteiger partial charge in [0.1, 0.15) is 0 Å². The van der Waals surface area contributed by atoms with Crippen molar-refractivity contribution in [2.45, 2.75) is 0 Å². The molecule has 0 radical (unpaired) electrons. The summed E-state index contributed by atoms with van der Waals surface area (Å²) in [5, 5.41) is 6.85. The Morgan fingerprint density at radius 3 is 1.86 bits per heavy atom. The van der Waals surface area contributed by atoms with Crippen LogP contribution in [-0.4, -0.2) is 24.5 Å². The average molecular weight is 626 g/mol. The van der Waals surface area contributed by atoms with Crippen molar-refractivity contribution < 1.29 is 0 Å². The number of hydrogen-bond donors (Lipinski definition) is 0. The van der Waals surface area contributed by atoms with E-state index in [9.17, 15) is 0 Å². The molecule has 0 bridgehead atoms. The van der Waals surface area contributed by atoms with Gasteiger partial charge in [0.2, 0.25) is 0 Å². The summed E-state index contributed by atoms with van der Waals surface area (Å²) < 4.78 is 2.34. The van der Waals surface area contributed by atoms with Crippen LogP contribution in [0.3, 0.4) is 0 Å². The van der Waals surface area contributed by atoms with E-state index < -0.39 is 0 Å². The fourth-order valence-corrected chi connectivity index (χ4v) is 7.14. The lowest BCUT2D eigenvalue weighted by Crippen LogP contribution is -1.97. The zero-order chi connectivity index (χ0) is 32.3. The SMILES string of the molecule is c1ccc(-c2ccc(-n3c4ccc(-c5ccc6ccccc6n5)cc4c4cc(-c5ccc6ccccc6n5)c5ccccc5c43)cn2)nc1. The molecule has 5 heterocycles. The first kappa shape index (κ1) is 27.4. The van der Waals surface area contributed by atoms with Gasteiger partial charge in [-0.3, -0.25) is 9.97 Å². The van der Waals surface area contributed by atoms with Crippen molar-refractivity contribution in [2.75, 3.05) is 0 Å². The molecule has 5 aromatic carbocycles. The third-order valence-corrected chi connectivity index (χ3v) is 9.47. The maximum atomic E-state index is 5.15. The zero-order valence-electron chi connectivity index (χ0n) is 26.3.